The van der Waals surface area contributed by atoms with Crippen LogP contribution in [0.15, 0.2) is 0 Å². The van der Waals surface area contributed by atoms with Gasteiger partial charge in [-0.25, -0.2) is 4.57 Å². The molecule has 84 valence electrons. The molecule has 1 unspecified atom stereocenters. The number of hydrogen-bond donors (Lipinski definition) is 0. The molecule has 0 aromatic carbocycles. The molecule has 6 heteroatoms. The Morgan fingerprint density at radius 2 is 1.93 bits per heavy atom. The molecule has 0 bridgehead atoms. The molecule has 0 aliphatic carbocycles. The van der Waals surface area contributed by atoms with Crippen LogP contribution in [0.5, 0.6) is 0 Å². The molecule has 14 heavy (non-hydrogen) atoms. The van der Waals surface area contributed by atoms with E-state index in [2.05, 4.69) is 4.52 Å². The van der Waals surface area contributed by atoms with Gasteiger partial charge in [0.1, 0.15) is 0 Å². The number of hydrogen-bond acceptors (Lipinski definition) is 5. The van der Waals surface area contributed by atoms with E-state index in [4.69, 9.17) is 9.05 Å². The lowest BCUT2D eigenvalue weighted by molar-refractivity contribution is -0.133. The molecule has 0 rings (SSSR count). The van der Waals surface area contributed by atoms with Gasteiger partial charge < -0.3 is 4.52 Å². The van der Waals surface area contributed by atoms with Crippen LogP contribution in [0.4, 0.5) is 0 Å². The summed E-state index contributed by atoms with van der Waals surface area (Å²) in [7, 11) is -3.65. The molecule has 0 saturated carbocycles. The van der Waals surface area contributed by atoms with Crippen molar-refractivity contribution in [1.29, 1.82) is 0 Å². The smallest absolute Gasteiger partial charge is 0.371 e. The first-order chi connectivity index (χ1) is 6.54. The Hall–Kier alpha value is -0.380. The van der Waals surface area contributed by atoms with Gasteiger partial charge in [0.25, 0.3) is 0 Å². The molecule has 0 spiro atoms. The van der Waals surface area contributed by atoms with Crippen LogP contribution in [-0.2, 0) is 22.9 Å². The van der Waals surface area contributed by atoms with Crippen LogP contribution in [0.25, 0.3) is 0 Å². The van der Waals surface area contributed by atoms with Gasteiger partial charge in [-0.05, 0) is 13.3 Å². The van der Waals surface area contributed by atoms with E-state index in [1.54, 1.807) is 6.92 Å². The number of carbonyl (C=O) groups is 1. The summed E-state index contributed by atoms with van der Waals surface area (Å²) in [4.78, 5) is 10.6. The summed E-state index contributed by atoms with van der Waals surface area (Å²) in [6, 6.07) is 0. The summed E-state index contributed by atoms with van der Waals surface area (Å²) >= 11 is 0. The summed E-state index contributed by atoms with van der Waals surface area (Å²) in [6.45, 7) is 5.23. The van der Waals surface area contributed by atoms with E-state index >= 15 is 0 Å². The average molecular weight is 224 g/mol. The Kier molecular flexibility index (Phi) is 6.79. The first-order valence-electron chi connectivity index (χ1n) is 4.63. The largest absolute Gasteiger partial charge is 0.532 e. The first-order valence-corrected chi connectivity index (χ1v) is 6.09. The van der Waals surface area contributed by atoms with Crippen molar-refractivity contribution in [3.63, 3.8) is 0 Å². The molecule has 0 aromatic heterocycles. The van der Waals surface area contributed by atoms with E-state index in [0.717, 1.165) is 19.8 Å². The monoisotopic (exact) mass is 224 g/mol. The highest BCUT2D eigenvalue weighted by Crippen LogP contribution is 2.49. The lowest BCUT2D eigenvalue weighted by Gasteiger charge is -2.15. The summed E-state index contributed by atoms with van der Waals surface area (Å²) in [5.41, 5.74) is 0. The summed E-state index contributed by atoms with van der Waals surface area (Å²) in [5, 5.41) is 0. The van der Waals surface area contributed by atoms with Crippen LogP contribution in [0, 0.1) is 0 Å². The van der Waals surface area contributed by atoms with E-state index in [0.29, 0.717) is 0 Å². The normalized spacial score (nSPS) is 14.8. The topological polar surface area (TPSA) is 61.8 Å². The molecule has 0 fully saturated rings. The van der Waals surface area contributed by atoms with Gasteiger partial charge in [0.2, 0.25) is 0 Å². The van der Waals surface area contributed by atoms with E-state index in [-0.39, 0.29) is 13.2 Å². The minimum Gasteiger partial charge on any atom is -0.371 e. The number of unbranched alkanes of at least 4 members (excludes halogenated alkanes) is 1. The maximum Gasteiger partial charge on any atom is 0.532 e. The molecule has 0 N–H and O–H groups in total. The van der Waals surface area contributed by atoms with E-state index in [1.807, 2.05) is 6.92 Å². The Morgan fingerprint density at radius 1 is 1.29 bits per heavy atom. The lowest BCUT2D eigenvalue weighted by atomic mass is 10.4. The minimum atomic E-state index is -3.65. The van der Waals surface area contributed by atoms with Gasteiger partial charge in [0, 0.05) is 6.92 Å². The third-order valence-electron chi connectivity index (χ3n) is 1.27. The third-order valence-corrected chi connectivity index (χ3v) is 2.83. The SMILES string of the molecule is CCCCOP(=O)(OCC)OC(C)=O. The standard InChI is InChI=1S/C8H17O5P/c1-4-6-7-12-14(10,11-5-2)13-8(3)9/h4-7H2,1-3H3. The van der Waals surface area contributed by atoms with Crippen molar-refractivity contribution in [2.24, 2.45) is 0 Å². The zero-order chi connectivity index (χ0) is 11.0. The van der Waals surface area contributed by atoms with Gasteiger partial charge in [-0.1, -0.05) is 13.3 Å². The van der Waals surface area contributed by atoms with Crippen LogP contribution in [-0.4, -0.2) is 19.2 Å². The van der Waals surface area contributed by atoms with Gasteiger partial charge in [-0.3, -0.25) is 13.8 Å². The number of phosphoric ester groups is 1. The predicted octanol–water partition coefficient (Wildman–Crippen LogP) is 2.51. The van der Waals surface area contributed by atoms with E-state index in [9.17, 15) is 9.36 Å². The Morgan fingerprint density at radius 3 is 2.36 bits per heavy atom. The fourth-order valence-electron chi connectivity index (χ4n) is 0.726. The van der Waals surface area contributed by atoms with E-state index < -0.39 is 13.8 Å². The quantitative estimate of drug-likeness (QED) is 0.491. The number of carbonyl (C=O) groups excluding carboxylic acids is 1. The Bertz CT molecular complexity index is 216. The van der Waals surface area contributed by atoms with Crippen molar-refractivity contribution in [3.8, 4) is 0 Å². The van der Waals surface area contributed by atoms with Crippen LogP contribution in [0.2, 0.25) is 0 Å². The van der Waals surface area contributed by atoms with Crippen molar-refractivity contribution < 1.29 is 22.9 Å². The molecule has 0 aliphatic heterocycles. The zero-order valence-electron chi connectivity index (χ0n) is 8.82. The van der Waals surface area contributed by atoms with E-state index in [1.165, 1.54) is 0 Å². The molecule has 0 heterocycles. The second-order valence-corrected chi connectivity index (χ2v) is 4.23. The van der Waals surface area contributed by atoms with Gasteiger partial charge in [0.15, 0.2) is 0 Å². The lowest BCUT2D eigenvalue weighted by Crippen LogP contribution is -2.04. The van der Waals surface area contributed by atoms with Crippen LogP contribution < -0.4 is 0 Å². The molecule has 5 nitrogen and oxygen atoms in total. The number of rotatable bonds is 7. The van der Waals surface area contributed by atoms with Crippen molar-refractivity contribution in [3.05, 3.63) is 0 Å². The molecule has 0 aliphatic rings. The van der Waals surface area contributed by atoms with Gasteiger partial charge in [-0.15, -0.1) is 0 Å². The molecule has 0 radical (unpaired) electrons. The summed E-state index contributed by atoms with van der Waals surface area (Å²) in [6.07, 6.45) is 1.66. The predicted molar refractivity (Wildman–Crippen MR) is 51.9 cm³/mol. The number of phosphoric acid groups is 1. The molecular formula is C8H17O5P. The summed E-state index contributed by atoms with van der Waals surface area (Å²) < 4.78 is 25.8. The van der Waals surface area contributed by atoms with Crippen LogP contribution in [0.1, 0.15) is 33.6 Å². The molecule has 0 saturated heterocycles. The van der Waals surface area contributed by atoms with Crippen molar-refractivity contribution in [2.45, 2.75) is 33.6 Å². The second kappa shape index (κ2) is 6.98. The maximum absolute atomic E-state index is 11.6. The molecule has 1 atom stereocenters. The molecular weight excluding hydrogens is 207 g/mol. The zero-order valence-corrected chi connectivity index (χ0v) is 9.71. The molecule has 0 amide bonds. The molecule has 0 aromatic rings. The van der Waals surface area contributed by atoms with Crippen molar-refractivity contribution in [2.75, 3.05) is 13.2 Å². The van der Waals surface area contributed by atoms with Crippen molar-refractivity contribution in [1.82, 2.24) is 0 Å². The summed E-state index contributed by atoms with van der Waals surface area (Å²) in [5.74, 6) is -0.668. The second-order valence-electron chi connectivity index (χ2n) is 2.63. The fraction of sp³-hybridized carbons (Fsp3) is 0.875. The average Bonchev–Trinajstić information content (AvgIpc) is 2.03. The Balaban J connectivity index is 4.10. The first kappa shape index (κ1) is 13.6. The van der Waals surface area contributed by atoms with Gasteiger partial charge >= 0.3 is 13.8 Å². The van der Waals surface area contributed by atoms with Gasteiger partial charge in [0.05, 0.1) is 13.2 Å². The third kappa shape index (κ3) is 6.13. The highest BCUT2D eigenvalue weighted by atomic mass is 31.2. The van der Waals surface area contributed by atoms with Crippen LogP contribution in [0.3, 0.4) is 0 Å². The highest BCUT2D eigenvalue weighted by molar-refractivity contribution is 7.49. The van der Waals surface area contributed by atoms with Crippen molar-refractivity contribution >= 4 is 13.8 Å². The maximum atomic E-state index is 11.6. The fourth-order valence-corrected chi connectivity index (χ4v) is 1.89. The van der Waals surface area contributed by atoms with Gasteiger partial charge in [-0.2, -0.15) is 0 Å². The highest BCUT2D eigenvalue weighted by Gasteiger charge is 2.28. The minimum absolute atomic E-state index is 0.177. The van der Waals surface area contributed by atoms with Crippen LogP contribution >= 0.6 is 7.82 Å². The Labute approximate surface area is 84.3 Å².